The van der Waals surface area contributed by atoms with E-state index in [0.717, 1.165) is 23.6 Å². The van der Waals surface area contributed by atoms with Crippen LogP contribution in [0.25, 0.3) is 22.4 Å². The molecule has 5 N–H and O–H groups in total. The third-order valence-corrected chi connectivity index (χ3v) is 9.22. The average molecular weight is 698 g/mol. The molecule has 1 amide bonds. The summed E-state index contributed by atoms with van der Waals surface area (Å²) in [6.07, 6.45) is -5.50. The number of nitrogens with zero attached hydrogens (tertiary/aromatic N) is 3. The number of ether oxygens (including phenoxy) is 2. The number of sulfonamides is 1. The van der Waals surface area contributed by atoms with Crippen LogP contribution in [0.2, 0.25) is 0 Å². The van der Waals surface area contributed by atoms with Gasteiger partial charge in [-0.15, -0.1) is 5.10 Å². The summed E-state index contributed by atoms with van der Waals surface area (Å²) >= 11 is 0. The van der Waals surface area contributed by atoms with Gasteiger partial charge in [0.25, 0.3) is 0 Å². The van der Waals surface area contributed by atoms with Gasteiger partial charge in [-0.25, -0.2) is 13.1 Å². The van der Waals surface area contributed by atoms with Crippen LogP contribution in [0.3, 0.4) is 0 Å². The molecule has 0 aliphatic carbocycles. The third kappa shape index (κ3) is 10.4. The normalized spacial score (nSPS) is 22.3. The van der Waals surface area contributed by atoms with Crippen LogP contribution < -0.4 is 44.7 Å². The minimum absolute atomic E-state index is 0. The molecular weight excluding hydrogens is 657 g/mol. The number of aromatic nitrogens is 3. The quantitative estimate of drug-likeness (QED) is 0.0717. The largest absolute Gasteiger partial charge is 1.00 e. The van der Waals surface area contributed by atoms with Crippen LogP contribution in [0.5, 0.6) is 0 Å². The third-order valence-electron chi connectivity index (χ3n) is 7.66. The zero-order chi connectivity index (χ0) is 34.2. The number of benzene rings is 2. The van der Waals surface area contributed by atoms with Crippen molar-refractivity contribution in [3.8, 4) is 22.4 Å². The minimum atomic E-state index is -3.76. The van der Waals surface area contributed by atoms with E-state index in [2.05, 4.69) is 20.4 Å². The maximum atomic E-state index is 12.3. The van der Waals surface area contributed by atoms with Gasteiger partial charge in [-0.3, -0.25) is 9.48 Å². The molecule has 256 valence electrons. The number of aliphatic hydroxyl groups excluding tert-OH is 3. The first-order chi connectivity index (χ1) is 22.3. The van der Waals surface area contributed by atoms with E-state index in [1.54, 1.807) is 17.8 Å². The molecule has 1 aliphatic rings. The van der Waals surface area contributed by atoms with Crippen LogP contribution in [0.15, 0.2) is 60.8 Å². The molecule has 2 aromatic carbocycles. The molecule has 48 heavy (non-hydrogen) atoms. The first kappa shape index (κ1) is 39.7. The number of carboxylic acids is 1. The molecule has 1 aliphatic heterocycles. The molecule has 0 saturated carbocycles. The standard InChI is InChI=1S/C31H41N5O10S.Na/c1-3-16-47(43,44)32-18-26(39)28(40)29-27(33-20(2)37)25(38)17-31(46-29,30(41)42)45-15-7-14-36-19-24(34-35-36)23-12-10-22(11-13-23)21-8-5-4-6-9-21;/h4-6,8-13,19,25-29,32,38-40H,3,7,14-18H2,1-2H3,(H,33,37)(H,41,42);/q;+1/p-1/t25-,26+,27+,28+,29+,31+;/m0./s1. The van der Waals surface area contributed by atoms with Crippen LogP contribution in [0.1, 0.15) is 33.1 Å². The van der Waals surface area contributed by atoms with Gasteiger partial charge in [-0.05, 0) is 24.0 Å². The van der Waals surface area contributed by atoms with Crippen molar-refractivity contribution in [1.82, 2.24) is 25.0 Å². The Kier molecular flexibility index (Phi) is 14.7. The van der Waals surface area contributed by atoms with Crippen LogP contribution >= 0.6 is 0 Å². The van der Waals surface area contributed by atoms with Crippen molar-refractivity contribution >= 4 is 21.9 Å². The fourth-order valence-electron chi connectivity index (χ4n) is 5.30. The Bertz CT molecular complexity index is 1590. The number of hydrogen-bond donors (Lipinski definition) is 5. The number of aliphatic hydroxyl groups is 3. The van der Waals surface area contributed by atoms with Gasteiger partial charge in [0.2, 0.25) is 21.7 Å². The fraction of sp³-hybridized carbons (Fsp3) is 0.484. The number of nitrogens with one attached hydrogen (secondary N) is 2. The minimum Gasteiger partial charge on any atom is -0.544 e. The maximum Gasteiger partial charge on any atom is 1.00 e. The Balaban J connectivity index is 0.00000625. The summed E-state index contributed by atoms with van der Waals surface area (Å²) in [5, 5.41) is 55.4. The molecule has 0 bridgehead atoms. The van der Waals surface area contributed by atoms with Gasteiger partial charge in [0.05, 0.1) is 36.8 Å². The van der Waals surface area contributed by atoms with Gasteiger partial charge in [-0.1, -0.05) is 66.7 Å². The summed E-state index contributed by atoms with van der Waals surface area (Å²) in [5.74, 6) is -5.26. The summed E-state index contributed by atoms with van der Waals surface area (Å²) < 4.78 is 39.0. The second-order valence-electron chi connectivity index (χ2n) is 11.4. The fourth-order valence-corrected chi connectivity index (χ4v) is 6.41. The summed E-state index contributed by atoms with van der Waals surface area (Å²) in [4.78, 5) is 24.2. The zero-order valence-electron chi connectivity index (χ0n) is 27.1. The number of carbonyl (C=O) groups excluding carboxylic acids is 2. The molecule has 6 atom stereocenters. The monoisotopic (exact) mass is 697 g/mol. The molecule has 2 heterocycles. The summed E-state index contributed by atoms with van der Waals surface area (Å²) in [6, 6.07) is 16.4. The van der Waals surface area contributed by atoms with Crippen molar-refractivity contribution in [2.45, 2.75) is 75.9 Å². The van der Waals surface area contributed by atoms with E-state index in [4.69, 9.17) is 9.47 Å². The number of rotatable bonds is 16. The molecule has 3 aromatic rings. The number of amides is 1. The van der Waals surface area contributed by atoms with E-state index >= 15 is 0 Å². The van der Waals surface area contributed by atoms with Gasteiger partial charge in [-0.2, -0.15) is 0 Å². The van der Waals surface area contributed by atoms with Crippen molar-refractivity contribution in [2.75, 3.05) is 18.9 Å². The van der Waals surface area contributed by atoms with Gasteiger partial charge >= 0.3 is 29.6 Å². The van der Waals surface area contributed by atoms with E-state index in [-0.39, 0.29) is 54.9 Å². The number of aliphatic carboxylic acids is 1. The Hall–Kier alpha value is -2.77. The molecular formula is C31H40N5NaO10S. The van der Waals surface area contributed by atoms with Gasteiger partial charge in [0.15, 0.2) is 0 Å². The Morgan fingerprint density at radius 1 is 1.12 bits per heavy atom. The number of hydrogen-bond acceptors (Lipinski definition) is 12. The summed E-state index contributed by atoms with van der Waals surface area (Å²) in [7, 11) is -3.76. The van der Waals surface area contributed by atoms with Crippen molar-refractivity contribution in [1.29, 1.82) is 0 Å². The van der Waals surface area contributed by atoms with E-state index < -0.39 is 71.1 Å². The van der Waals surface area contributed by atoms with E-state index in [9.17, 15) is 38.4 Å². The predicted octanol–water partition coefficient (Wildman–Crippen LogP) is -3.83. The average Bonchev–Trinajstić information content (AvgIpc) is 3.52. The Labute approximate surface area is 301 Å². The maximum absolute atomic E-state index is 12.3. The number of carboxylic acid groups (broad SMARTS) is 1. The first-order valence-electron chi connectivity index (χ1n) is 15.2. The van der Waals surface area contributed by atoms with Crippen molar-refractivity contribution in [2.24, 2.45) is 0 Å². The van der Waals surface area contributed by atoms with E-state index in [1.807, 2.05) is 54.6 Å². The second-order valence-corrected chi connectivity index (χ2v) is 13.3. The second kappa shape index (κ2) is 17.8. The van der Waals surface area contributed by atoms with Gasteiger partial charge in [0.1, 0.15) is 23.9 Å². The summed E-state index contributed by atoms with van der Waals surface area (Å²) in [5.41, 5.74) is 3.63. The molecule has 15 nitrogen and oxygen atoms in total. The SMILES string of the molecule is CCCS(=O)(=O)NC[C@@H](O)[C@@H](O)[C@@H]1O[C@@](OCCCn2cc(-c3ccc(-c4ccccc4)cc3)nn2)(C(=O)[O-])C[C@H](O)[C@H]1NC(C)=O.[Na+]. The topological polar surface area (TPSA) is 225 Å². The van der Waals surface area contributed by atoms with Crippen LogP contribution in [-0.2, 0) is 35.6 Å². The predicted molar refractivity (Wildman–Crippen MR) is 166 cm³/mol. The zero-order valence-corrected chi connectivity index (χ0v) is 29.9. The van der Waals surface area contributed by atoms with Crippen molar-refractivity contribution in [3.63, 3.8) is 0 Å². The smallest absolute Gasteiger partial charge is 0.544 e. The Morgan fingerprint density at radius 3 is 2.40 bits per heavy atom. The number of aryl methyl sites for hydroxylation is 1. The summed E-state index contributed by atoms with van der Waals surface area (Å²) in [6.45, 7) is 2.21. The molecule has 17 heteroatoms. The van der Waals surface area contributed by atoms with Crippen molar-refractivity contribution in [3.05, 3.63) is 60.8 Å². The van der Waals surface area contributed by atoms with Crippen molar-refractivity contribution < 1.29 is 77.5 Å². The molecule has 1 aromatic heterocycles. The van der Waals surface area contributed by atoms with Gasteiger partial charge < -0.3 is 40.0 Å². The van der Waals surface area contributed by atoms with Crippen LogP contribution in [0, 0.1) is 0 Å². The molecule has 0 spiro atoms. The molecule has 1 fully saturated rings. The molecule has 0 radical (unpaired) electrons. The molecule has 4 rings (SSSR count). The first-order valence-corrected chi connectivity index (χ1v) is 16.9. The molecule has 1 saturated heterocycles. The Morgan fingerprint density at radius 2 is 1.77 bits per heavy atom. The van der Waals surface area contributed by atoms with Gasteiger partial charge in [0, 0.05) is 32.0 Å². The van der Waals surface area contributed by atoms with Crippen LogP contribution in [-0.4, -0.2) is 106 Å². The van der Waals surface area contributed by atoms with E-state index in [1.165, 1.54) is 0 Å². The van der Waals surface area contributed by atoms with E-state index in [0.29, 0.717) is 12.1 Å². The van der Waals surface area contributed by atoms with Crippen LogP contribution in [0.4, 0.5) is 0 Å². The molecule has 0 unspecified atom stereocenters. The number of carbonyl (C=O) groups is 2.